The smallest absolute Gasteiger partial charge is 0.131 e. The SMILES string of the molecule is ClCC1(c2ccc(Cl)cc2Cl)CO1. The standard InChI is InChI=1S/C9H7Cl3O/c10-4-9(5-13-9)7-2-1-6(11)3-8(7)12/h1-3H,4-5H2. The van der Waals surface area contributed by atoms with E-state index in [4.69, 9.17) is 39.5 Å². The highest BCUT2D eigenvalue weighted by Gasteiger charge is 2.47. The first-order valence-electron chi connectivity index (χ1n) is 3.83. The Labute approximate surface area is 91.5 Å². The number of benzene rings is 1. The first kappa shape index (κ1) is 9.60. The van der Waals surface area contributed by atoms with Crippen molar-refractivity contribution >= 4 is 34.8 Å². The molecule has 1 aliphatic rings. The Hall–Kier alpha value is 0.0500. The number of halogens is 3. The summed E-state index contributed by atoms with van der Waals surface area (Å²) in [7, 11) is 0. The lowest BCUT2D eigenvalue weighted by molar-refractivity contribution is 0.333. The van der Waals surface area contributed by atoms with Gasteiger partial charge >= 0.3 is 0 Å². The van der Waals surface area contributed by atoms with Crippen LogP contribution in [0.1, 0.15) is 5.56 Å². The van der Waals surface area contributed by atoms with E-state index in [2.05, 4.69) is 0 Å². The van der Waals surface area contributed by atoms with Gasteiger partial charge in [0.15, 0.2) is 0 Å². The van der Waals surface area contributed by atoms with Crippen LogP contribution in [0.25, 0.3) is 0 Å². The third-order valence-electron chi connectivity index (χ3n) is 2.13. The highest BCUT2D eigenvalue weighted by atomic mass is 35.5. The van der Waals surface area contributed by atoms with Gasteiger partial charge in [-0.3, -0.25) is 0 Å². The van der Waals surface area contributed by atoms with Gasteiger partial charge in [-0.05, 0) is 12.1 Å². The van der Waals surface area contributed by atoms with Gasteiger partial charge in [-0.15, -0.1) is 11.6 Å². The number of ether oxygens (including phenoxy) is 1. The molecule has 0 saturated carbocycles. The molecule has 70 valence electrons. The second-order valence-electron chi connectivity index (χ2n) is 3.04. The molecule has 1 nitrogen and oxygen atoms in total. The van der Waals surface area contributed by atoms with Gasteiger partial charge in [0, 0.05) is 15.6 Å². The molecule has 0 aromatic heterocycles. The molecule has 0 spiro atoms. The molecule has 2 rings (SSSR count). The summed E-state index contributed by atoms with van der Waals surface area (Å²) >= 11 is 17.6. The van der Waals surface area contributed by atoms with E-state index in [9.17, 15) is 0 Å². The number of rotatable bonds is 2. The zero-order valence-electron chi connectivity index (χ0n) is 6.69. The van der Waals surface area contributed by atoms with Gasteiger partial charge in [-0.2, -0.15) is 0 Å². The molecule has 1 aliphatic heterocycles. The van der Waals surface area contributed by atoms with E-state index in [0.29, 0.717) is 22.5 Å². The maximum Gasteiger partial charge on any atom is 0.131 e. The number of hydrogen-bond acceptors (Lipinski definition) is 1. The molecule has 0 bridgehead atoms. The van der Waals surface area contributed by atoms with Crippen LogP contribution >= 0.6 is 34.8 Å². The van der Waals surface area contributed by atoms with Crippen molar-refractivity contribution in [2.24, 2.45) is 0 Å². The zero-order chi connectivity index (χ0) is 9.47. The highest BCUT2D eigenvalue weighted by Crippen LogP contribution is 2.43. The van der Waals surface area contributed by atoms with Crippen molar-refractivity contribution in [1.82, 2.24) is 0 Å². The minimum Gasteiger partial charge on any atom is -0.363 e. The maximum absolute atomic E-state index is 6.01. The van der Waals surface area contributed by atoms with E-state index in [1.807, 2.05) is 6.07 Å². The van der Waals surface area contributed by atoms with Crippen LogP contribution in [0.5, 0.6) is 0 Å². The molecule has 0 N–H and O–H groups in total. The summed E-state index contributed by atoms with van der Waals surface area (Å²) in [6, 6.07) is 5.35. The first-order valence-corrected chi connectivity index (χ1v) is 5.12. The number of hydrogen-bond donors (Lipinski definition) is 0. The summed E-state index contributed by atoms with van der Waals surface area (Å²) in [6.07, 6.45) is 0. The van der Waals surface area contributed by atoms with Crippen molar-refractivity contribution < 1.29 is 4.74 Å². The normalized spacial score (nSPS) is 26.1. The van der Waals surface area contributed by atoms with Crippen LogP contribution in [0.2, 0.25) is 10.0 Å². The summed E-state index contributed by atoms with van der Waals surface area (Å²) in [6.45, 7) is 0.637. The summed E-state index contributed by atoms with van der Waals surface area (Å²) in [5.41, 5.74) is 0.567. The topological polar surface area (TPSA) is 12.5 Å². The Morgan fingerprint density at radius 2 is 2.08 bits per heavy atom. The summed E-state index contributed by atoms with van der Waals surface area (Å²) < 4.78 is 5.29. The van der Waals surface area contributed by atoms with E-state index in [0.717, 1.165) is 5.56 Å². The van der Waals surface area contributed by atoms with Crippen LogP contribution in [-0.2, 0) is 10.3 Å². The molecular formula is C9H7Cl3O. The van der Waals surface area contributed by atoms with Crippen LogP contribution in [0, 0.1) is 0 Å². The van der Waals surface area contributed by atoms with E-state index in [1.165, 1.54) is 0 Å². The quantitative estimate of drug-likeness (QED) is 0.567. The molecular weight excluding hydrogens is 230 g/mol. The summed E-state index contributed by atoms with van der Waals surface area (Å²) in [4.78, 5) is 0. The number of epoxide rings is 1. The lowest BCUT2D eigenvalue weighted by atomic mass is 10.0. The van der Waals surface area contributed by atoms with Crippen LogP contribution in [0.4, 0.5) is 0 Å². The van der Waals surface area contributed by atoms with Crippen molar-refractivity contribution in [2.75, 3.05) is 12.5 Å². The van der Waals surface area contributed by atoms with E-state index >= 15 is 0 Å². The molecule has 1 heterocycles. The van der Waals surface area contributed by atoms with Crippen LogP contribution in [0.3, 0.4) is 0 Å². The fourth-order valence-corrected chi connectivity index (χ4v) is 2.13. The third-order valence-corrected chi connectivity index (χ3v) is 3.11. The predicted molar refractivity (Wildman–Crippen MR) is 54.8 cm³/mol. The van der Waals surface area contributed by atoms with Crippen LogP contribution in [0.15, 0.2) is 18.2 Å². The van der Waals surface area contributed by atoms with Gasteiger partial charge < -0.3 is 4.74 Å². The molecule has 4 heteroatoms. The predicted octanol–water partition coefficient (Wildman–Crippen LogP) is 3.46. The lowest BCUT2D eigenvalue weighted by Gasteiger charge is -2.10. The van der Waals surface area contributed by atoms with E-state index in [-0.39, 0.29) is 5.60 Å². The Morgan fingerprint density at radius 3 is 2.54 bits per heavy atom. The molecule has 0 radical (unpaired) electrons. The Balaban J connectivity index is 2.41. The molecule has 1 fully saturated rings. The molecule has 0 aliphatic carbocycles. The fraction of sp³-hybridized carbons (Fsp3) is 0.333. The van der Waals surface area contributed by atoms with Gasteiger partial charge in [0.2, 0.25) is 0 Å². The van der Waals surface area contributed by atoms with Crippen LogP contribution < -0.4 is 0 Å². The molecule has 1 aromatic rings. The molecule has 1 aromatic carbocycles. The van der Waals surface area contributed by atoms with Gasteiger partial charge in [0.05, 0.1) is 12.5 Å². The van der Waals surface area contributed by atoms with Crippen molar-refractivity contribution in [2.45, 2.75) is 5.60 Å². The molecule has 0 amide bonds. The average Bonchev–Trinajstić information content (AvgIpc) is 2.85. The number of alkyl halides is 1. The summed E-state index contributed by atoms with van der Waals surface area (Å²) in [5, 5.41) is 1.24. The van der Waals surface area contributed by atoms with Gasteiger partial charge in [-0.25, -0.2) is 0 Å². The Morgan fingerprint density at radius 1 is 1.38 bits per heavy atom. The van der Waals surface area contributed by atoms with Crippen molar-refractivity contribution in [3.63, 3.8) is 0 Å². The molecule has 13 heavy (non-hydrogen) atoms. The van der Waals surface area contributed by atoms with E-state index in [1.54, 1.807) is 12.1 Å². The Kier molecular flexibility index (Phi) is 2.45. The first-order chi connectivity index (χ1) is 6.18. The second-order valence-corrected chi connectivity index (χ2v) is 4.15. The fourth-order valence-electron chi connectivity index (χ4n) is 1.25. The highest BCUT2D eigenvalue weighted by molar-refractivity contribution is 6.35. The average molecular weight is 238 g/mol. The largest absolute Gasteiger partial charge is 0.363 e. The van der Waals surface area contributed by atoms with Crippen LogP contribution in [-0.4, -0.2) is 12.5 Å². The third kappa shape index (κ3) is 1.66. The van der Waals surface area contributed by atoms with Gasteiger partial charge in [0.1, 0.15) is 5.60 Å². The van der Waals surface area contributed by atoms with Crippen molar-refractivity contribution in [1.29, 1.82) is 0 Å². The van der Waals surface area contributed by atoms with Crippen molar-refractivity contribution in [3.05, 3.63) is 33.8 Å². The van der Waals surface area contributed by atoms with Crippen molar-refractivity contribution in [3.8, 4) is 0 Å². The lowest BCUT2D eigenvalue weighted by Crippen LogP contribution is -2.10. The Bertz CT molecular complexity index is 334. The summed E-state index contributed by atoms with van der Waals surface area (Å²) in [5.74, 6) is 0.425. The minimum atomic E-state index is -0.358. The maximum atomic E-state index is 6.01. The molecule has 1 atom stereocenters. The van der Waals surface area contributed by atoms with E-state index < -0.39 is 0 Å². The molecule has 1 unspecified atom stereocenters. The van der Waals surface area contributed by atoms with Gasteiger partial charge in [0.25, 0.3) is 0 Å². The minimum absolute atomic E-state index is 0.358. The van der Waals surface area contributed by atoms with Gasteiger partial charge in [-0.1, -0.05) is 29.3 Å². The second kappa shape index (κ2) is 3.32. The monoisotopic (exact) mass is 236 g/mol. The zero-order valence-corrected chi connectivity index (χ0v) is 8.96. The molecule has 1 saturated heterocycles.